The Morgan fingerprint density at radius 2 is 1.88 bits per heavy atom. The molecule has 9 heteroatoms. The first-order valence-electron chi connectivity index (χ1n) is 11.2. The summed E-state index contributed by atoms with van der Waals surface area (Å²) in [6.45, 7) is -2.97. The molecular formula is C25H21F3N4O2. The summed E-state index contributed by atoms with van der Waals surface area (Å²) in [6.07, 6.45) is 7.53. The fourth-order valence-corrected chi connectivity index (χ4v) is 4.95. The van der Waals surface area contributed by atoms with E-state index >= 15 is 4.39 Å². The summed E-state index contributed by atoms with van der Waals surface area (Å²) in [5, 5.41) is 10.7. The third kappa shape index (κ3) is 3.42. The highest BCUT2D eigenvalue weighted by atomic mass is 19.3. The van der Waals surface area contributed by atoms with E-state index in [0.717, 1.165) is 18.7 Å². The van der Waals surface area contributed by atoms with E-state index in [-0.39, 0.29) is 12.2 Å². The largest absolute Gasteiger partial charge is 0.435 e. The van der Waals surface area contributed by atoms with Crippen LogP contribution in [0.4, 0.5) is 13.2 Å². The second-order valence-corrected chi connectivity index (χ2v) is 8.82. The first-order chi connectivity index (χ1) is 16.5. The van der Waals surface area contributed by atoms with Gasteiger partial charge < -0.3 is 14.2 Å². The minimum atomic E-state index is -2.97. The van der Waals surface area contributed by atoms with Gasteiger partial charge in [-0.1, -0.05) is 24.6 Å². The molecule has 6 nitrogen and oxygen atoms in total. The van der Waals surface area contributed by atoms with Crippen LogP contribution in [0.3, 0.4) is 0 Å². The number of fused-ring (bicyclic) bond motifs is 3. The van der Waals surface area contributed by atoms with Crippen LogP contribution >= 0.6 is 0 Å². The molecule has 1 saturated carbocycles. The molecule has 1 aromatic carbocycles. The molecule has 1 fully saturated rings. The Bertz CT molecular complexity index is 1370. The van der Waals surface area contributed by atoms with Crippen LogP contribution in [-0.4, -0.2) is 31.1 Å². The zero-order chi connectivity index (χ0) is 23.4. The van der Waals surface area contributed by atoms with Gasteiger partial charge in [-0.25, -0.2) is 19.3 Å². The topological polar surface area (TPSA) is 72.5 Å². The van der Waals surface area contributed by atoms with Crippen molar-refractivity contribution in [2.24, 2.45) is 0 Å². The van der Waals surface area contributed by atoms with Gasteiger partial charge in [0, 0.05) is 53.2 Å². The monoisotopic (exact) mass is 466 g/mol. The summed E-state index contributed by atoms with van der Waals surface area (Å²) in [7, 11) is 0. The number of aromatic nitrogens is 4. The smallest absolute Gasteiger partial charge is 0.387 e. The fourth-order valence-electron chi connectivity index (χ4n) is 4.95. The summed E-state index contributed by atoms with van der Waals surface area (Å²) >= 11 is 0. The molecule has 2 aliphatic carbocycles. The molecular weight excluding hydrogens is 445 g/mol. The summed E-state index contributed by atoms with van der Waals surface area (Å²) < 4.78 is 47.5. The lowest BCUT2D eigenvalue weighted by molar-refractivity contribution is -0.0506. The number of pyridine rings is 1. The van der Waals surface area contributed by atoms with Gasteiger partial charge in [-0.3, -0.25) is 0 Å². The lowest BCUT2D eigenvalue weighted by Crippen LogP contribution is -2.12. The number of aliphatic hydroxyl groups is 1. The lowest BCUT2D eigenvalue weighted by atomic mass is 9.85. The van der Waals surface area contributed by atoms with Gasteiger partial charge in [0.25, 0.3) is 0 Å². The Hall–Kier alpha value is -3.46. The van der Waals surface area contributed by atoms with E-state index in [4.69, 9.17) is 4.74 Å². The Kier molecular flexibility index (Phi) is 5.02. The highest BCUT2D eigenvalue weighted by Crippen LogP contribution is 2.47. The van der Waals surface area contributed by atoms with Gasteiger partial charge in [0.1, 0.15) is 23.0 Å². The van der Waals surface area contributed by atoms with Crippen LogP contribution in [-0.2, 0) is 0 Å². The van der Waals surface area contributed by atoms with Gasteiger partial charge in [-0.2, -0.15) is 8.78 Å². The van der Waals surface area contributed by atoms with Crippen LogP contribution in [0.15, 0.2) is 48.9 Å². The maximum Gasteiger partial charge on any atom is 0.387 e. The Balaban J connectivity index is 1.45. The van der Waals surface area contributed by atoms with Crippen molar-refractivity contribution < 1.29 is 23.0 Å². The number of nitrogens with zero attached hydrogens (tertiary/aromatic N) is 4. The maximum absolute atomic E-state index is 15.1. The van der Waals surface area contributed by atoms with E-state index in [0.29, 0.717) is 39.6 Å². The van der Waals surface area contributed by atoms with Gasteiger partial charge in [-0.15, -0.1) is 0 Å². The second kappa shape index (κ2) is 8.09. The first kappa shape index (κ1) is 21.1. The van der Waals surface area contributed by atoms with Crippen molar-refractivity contribution in [2.75, 3.05) is 0 Å². The molecule has 3 aromatic heterocycles. The molecule has 174 valence electrons. The van der Waals surface area contributed by atoms with E-state index in [1.165, 1.54) is 18.6 Å². The van der Waals surface area contributed by atoms with E-state index in [1.54, 1.807) is 41.2 Å². The summed E-state index contributed by atoms with van der Waals surface area (Å²) in [6, 6.07) is 7.82. The highest BCUT2D eigenvalue weighted by molar-refractivity contribution is 5.65. The molecule has 0 amide bonds. The van der Waals surface area contributed by atoms with E-state index < -0.39 is 24.5 Å². The molecule has 2 atom stereocenters. The minimum absolute atomic E-state index is 0.0415. The predicted molar refractivity (Wildman–Crippen MR) is 117 cm³/mol. The quantitative estimate of drug-likeness (QED) is 0.428. The van der Waals surface area contributed by atoms with E-state index in [9.17, 15) is 13.9 Å². The number of benzene rings is 1. The fraction of sp³-hybridized carbons (Fsp3) is 0.320. The number of para-hydroxylation sites is 1. The van der Waals surface area contributed by atoms with E-state index in [2.05, 4.69) is 15.0 Å². The van der Waals surface area contributed by atoms with E-state index in [1.807, 2.05) is 0 Å². The number of rotatable bonds is 5. The molecule has 0 spiro atoms. The zero-order valence-electron chi connectivity index (χ0n) is 18.0. The van der Waals surface area contributed by atoms with Crippen molar-refractivity contribution in [3.05, 3.63) is 77.5 Å². The van der Waals surface area contributed by atoms with Gasteiger partial charge in [0.05, 0.1) is 17.5 Å². The molecule has 0 radical (unpaired) electrons. The van der Waals surface area contributed by atoms with Crippen LogP contribution < -0.4 is 4.74 Å². The summed E-state index contributed by atoms with van der Waals surface area (Å²) in [4.78, 5) is 13.3. The Labute approximate surface area is 193 Å². The second-order valence-electron chi connectivity index (χ2n) is 8.82. The molecule has 1 N–H and O–H groups in total. The number of hydrogen-bond donors (Lipinski definition) is 1. The first-order valence-corrected chi connectivity index (χ1v) is 11.2. The normalized spacial score (nSPS) is 20.0. The Morgan fingerprint density at radius 1 is 1.12 bits per heavy atom. The molecule has 2 aliphatic rings. The highest BCUT2D eigenvalue weighted by Gasteiger charge is 2.37. The van der Waals surface area contributed by atoms with Crippen molar-refractivity contribution in [1.29, 1.82) is 0 Å². The average molecular weight is 466 g/mol. The summed E-state index contributed by atoms with van der Waals surface area (Å²) in [5.74, 6) is 0.254. The molecule has 0 aliphatic heterocycles. The molecule has 4 aromatic rings. The predicted octanol–water partition coefficient (Wildman–Crippen LogP) is 5.37. The van der Waals surface area contributed by atoms with Gasteiger partial charge in [0.15, 0.2) is 0 Å². The van der Waals surface area contributed by atoms with Crippen molar-refractivity contribution in [2.45, 2.75) is 50.2 Å². The molecule has 0 bridgehead atoms. The Morgan fingerprint density at radius 3 is 2.59 bits per heavy atom. The van der Waals surface area contributed by atoms with Crippen molar-refractivity contribution >= 4 is 5.65 Å². The van der Waals surface area contributed by atoms with Crippen molar-refractivity contribution in [3.63, 3.8) is 0 Å². The number of imidazole rings is 1. The van der Waals surface area contributed by atoms with Crippen molar-refractivity contribution in [1.82, 2.24) is 19.4 Å². The van der Waals surface area contributed by atoms with Crippen molar-refractivity contribution in [3.8, 4) is 16.9 Å². The van der Waals surface area contributed by atoms with Gasteiger partial charge >= 0.3 is 6.61 Å². The zero-order valence-corrected chi connectivity index (χ0v) is 18.0. The number of ether oxygens (including phenoxy) is 1. The molecule has 34 heavy (non-hydrogen) atoms. The van der Waals surface area contributed by atoms with Crippen LogP contribution in [0.1, 0.15) is 66.4 Å². The number of aliphatic hydroxyl groups excluding tert-OH is 1. The van der Waals surface area contributed by atoms with Crippen LogP contribution in [0.25, 0.3) is 16.8 Å². The molecule has 6 rings (SSSR count). The minimum Gasteiger partial charge on any atom is -0.435 e. The average Bonchev–Trinajstić information content (AvgIpc) is 3.29. The third-order valence-corrected chi connectivity index (χ3v) is 6.84. The SMILES string of the molecule is OC1CC(c2ccccc2OC(F)F)c2c1nc1cc(F)c(-c3cnc(C4CCC4)nc3)cn21. The van der Waals surface area contributed by atoms with Crippen LogP contribution in [0.2, 0.25) is 0 Å². The van der Waals surface area contributed by atoms with Crippen LogP contribution in [0, 0.1) is 5.82 Å². The molecule has 0 saturated heterocycles. The van der Waals surface area contributed by atoms with Crippen LogP contribution in [0.5, 0.6) is 5.75 Å². The number of alkyl halides is 2. The maximum atomic E-state index is 15.1. The molecule has 2 unspecified atom stereocenters. The standard InChI is InChI=1S/C25H21F3N4O2/c26-18-9-21-31-22-19(33)8-16(15-6-1-2-7-20(15)34-25(27)28)23(22)32(21)12-17(18)14-10-29-24(30-11-14)13-4-3-5-13/h1-2,6-7,9-13,16,19,25,33H,3-5,8H2. The summed E-state index contributed by atoms with van der Waals surface area (Å²) in [5.41, 5.74) is 2.70. The number of halogens is 3. The lowest BCUT2D eigenvalue weighted by Gasteiger charge is -2.23. The third-order valence-electron chi connectivity index (χ3n) is 6.84. The van der Waals surface area contributed by atoms with Gasteiger partial charge in [-0.05, 0) is 25.3 Å². The number of hydrogen-bond acceptors (Lipinski definition) is 5. The van der Waals surface area contributed by atoms with Gasteiger partial charge in [0.2, 0.25) is 0 Å². The molecule has 3 heterocycles.